The molecule has 27 heavy (non-hydrogen) atoms. The second-order valence-electron chi connectivity index (χ2n) is 7.21. The summed E-state index contributed by atoms with van der Waals surface area (Å²) in [6.07, 6.45) is 1.89. The zero-order valence-electron chi connectivity index (χ0n) is 15.4. The highest BCUT2D eigenvalue weighted by atomic mass is 15.4. The number of piperazine rings is 1. The molecule has 1 saturated heterocycles. The van der Waals surface area contributed by atoms with Crippen LogP contribution in [-0.2, 0) is 6.54 Å². The number of fused-ring (bicyclic) bond motifs is 2. The summed E-state index contributed by atoms with van der Waals surface area (Å²) in [7, 11) is 2.18. The van der Waals surface area contributed by atoms with E-state index in [0.717, 1.165) is 65.9 Å². The minimum atomic E-state index is 0.853. The summed E-state index contributed by atoms with van der Waals surface area (Å²) in [5.74, 6) is 0. The van der Waals surface area contributed by atoms with Gasteiger partial charge in [-0.2, -0.15) is 0 Å². The Labute approximate surface area is 158 Å². The highest BCUT2D eigenvalue weighted by molar-refractivity contribution is 6.03. The summed E-state index contributed by atoms with van der Waals surface area (Å²) in [6.45, 7) is 5.19. The summed E-state index contributed by atoms with van der Waals surface area (Å²) >= 11 is 0. The second-order valence-corrected chi connectivity index (χ2v) is 7.21. The number of pyridine rings is 1. The smallest absolute Gasteiger partial charge is 0.0855 e. The molecular weight excluding hydrogens is 336 g/mol. The number of likely N-dealkylation sites (N-methyl/N-ethyl adjacent to an activating group) is 1. The largest absolute Gasteiger partial charge is 0.304 e. The zero-order valence-corrected chi connectivity index (χ0v) is 15.4. The van der Waals surface area contributed by atoms with E-state index in [-0.39, 0.29) is 0 Å². The van der Waals surface area contributed by atoms with Gasteiger partial charge in [-0.1, -0.05) is 41.6 Å². The van der Waals surface area contributed by atoms with Gasteiger partial charge in [-0.15, -0.1) is 5.10 Å². The molecule has 0 bridgehead atoms. The Kier molecular flexibility index (Phi) is 4.07. The predicted octanol–water partition coefficient (Wildman–Crippen LogP) is 2.72. The summed E-state index contributed by atoms with van der Waals surface area (Å²) in [6, 6.07) is 16.5. The molecule has 6 nitrogen and oxygen atoms in total. The van der Waals surface area contributed by atoms with Crippen molar-refractivity contribution in [2.24, 2.45) is 0 Å². The maximum Gasteiger partial charge on any atom is 0.0855 e. The number of para-hydroxylation sites is 2. The van der Waals surface area contributed by atoms with Crippen LogP contribution in [0.3, 0.4) is 0 Å². The highest BCUT2D eigenvalue weighted by Gasteiger charge is 2.19. The van der Waals surface area contributed by atoms with E-state index in [1.807, 2.05) is 23.0 Å². The van der Waals surface area contributed by atoms with Crippen molar-refractivity contribution in [3.05, 3.63) is 60.4 Å². The molecule has 2 aromatic carbocycles. The standard InChI is InChI=1S/C21H22N6/c1-25-10-12-26(13-11-25)15-16-14-22-24-27(16)21-17-6-2-4-8-19(17)23-20-9-5-3-7-18(20)21/h2-9,14H,10-13,15H2,1H3. The molecule has 136 valence electrons. The van der Waals surface area contributed by atoms with Crippen molar-refractivity contribution in [3.63, 3.8) is 0 Å². The van der Waals surface area contributed by atoms with Crippen molar-refractivity contribution in [3.8, 4) is 5.69 Å². The van der Waals surface area contributed by atoms with Gasteiger partial charge in [-0.25, -0.2) is 9.67 Å². The van der Waals surface area contributed by atoms with Crippen LogP contribution in [0.1, 0.15) is 5.69 Å². The third-order valence-electron chi connectivity index (χ3n) is 5.37. The van der Waals surface area contributed by atoms with E-state index in [1.54, 1.807) is 0 Å². The van der Waals surface area contributed by atoms with Crippen LogP contribution in [0.2, 0.25) is 0 Å². The Morgan fingerprint density at radius 3 is 2.15 bits per heavy atom. The molecule has 1 aliphatic heterocycles. The quantitative estimate of drug-likeness (QED) is 0.527. The van der Waals surface area contributed by atoms with Crippen LogP contribution in [0.4, 0.5) is 0 Å². The van der Waals surface area contributed by atoms with Gasteiger partial charge in [0.15, 0.2) is 0 Å². The van der Waals surface area contributed by atoms with Crippen molar-refractivity contribution < 1.29 is 0 Å². The highest BCUT2D eigenvalue weighted by Crippen LogP contribution is 2.29. The van der Waals surface area contributed by atoms with Crippen molar-refractivity contribution in [2.45, 2.75) is 6.54 Å². The van der Waals surface area contributed by atoms with Gasteiger partial charge in [0.2, 0.25) is 0 Å². The SMILES string of the molecule is CN1CCN(Cc2cnnn2-c2c3ccccc3nc3ccccc23)CC1. The molecule has 0 radical (unpaired) electrons. The van der Waals surface area contributed by atoms with E-state index in [1.165, 1.54) is 0 Å². The lowest BCUT2D eigenvalue weighted by Crippen LogP contribution is -2.44. The Bertz CT molecular complexity index is 1040. The minimum absolute atomic E-state index is 0.853. The first kappa shape index (κ1) is 16.4. The van der Waals surface area contributed by atoms with E-state index < -0.39 is 0 Å². The van der Waals surface area contributed by atoms with E-state index in [9.17, 15) is 0 Å². The molecule has 0 N–H and O–H groups in total. The maximum atomic E-state index is 4.82. The Morgan fingerprint density at radius 2 is 1.48 bits per heavy atom. The lowest BCUT2D eigenvalue weighted by atomic mass is 10.1. The molecule has 0 spiro atoms. The molecule has 1 aliphatic rings. The third-order valence-corrected chi connectivity index (χ3v) is 5.37. The van der Waals surface area contributed by atoms with Crippen LogP contribution in [0.15, 0.2) is 54.7 Å². The van der Waals surface area contributed by atoms with E-state index in [2.05, 4.69) is 63.6 Å². The second kappa shape index (κ2) is 6.72. The van der Waals surface area contributed by atoms with Gasteiger partial charge in [0.05, 0.1) is 28.6 Å². The molecule has 1 fully saturated rings. The first-order valence-electron chi connectivity index (χ1n) is 9.38. The summed E-state index contributed by atoms with van der Waals surface area (Å²) in [5.41, 5.74) is 4.14. The summed E-state index contributed by atoms with van der Waals surface area (Å²) in [4.78, 5) is 9.67. The zero-order chi connectivity index (χ0) is 18.2. The van der Waals surface area contributed by atoms with Gasteiger partial charge in [-0.05, 0) is 19.2 Å². The van der Waals surface area contributed by atoms with Crippen LogP contribution in [0.25, 0.3) is 27.5 Å². The Balaban J connectivity index is 1.64. The normalized spacial score (nSPS) is 16.3. The maximum absolute atomic E-state index is 4.82. The molecule has 2 aromatic heterocycles. The van der Waals surface area contributed by atoms with Crippen LogP contribution in [-0.4, -0.2) is 63.0 Å². The van der Waals surface area contributed by atoms with E-state index >= 15 is 0 Å². The summed E-state index contributed by atoms with van der Waals surface area (Å²) < 4.78 is 2.00. The van der Waals surface area contributed by atoms with E-state index in [0.29, 0.717) is 0 Å². The molecule has 0 atom stereocenters. The van der Waals surface area contributed by atoms with Crippen LogP contribution >= 0.6 is 0 Å². The predicted molar refractivity (Wildman–Crippen MR) is 107 cm³/mol. The molecule has 0 amide bonds. The number of nitrogens with zero attached hydrogens (tertiary/aromatic N) is 6. The van der Waals surface area contributed by atoms with Crippen LogP contribution < -0.4 is 0 Å². The molecule has 6 heteroatoms. The fourth-order valence-electron chi connectivity index (χ4n) is 3.83. The third kappa shape index (κ3) is 2.97. The number of rotatable bonds is 3. The first-order valence-corrected chi connectivity index (χ1v) is 9.38. The molecule has 3 heterocycles. The Morgan fingerprint density at radius 1 is 0.852 bits per heavy atom. The number of aromatic nitrogens is 4. The van der Waals surface area contributed by atoms with Gasteiger partial charge < -0.3 is 4.90 Å². The van der Waals surface area contributed by atoms with Crippen molar-refractivity contribution in [2.75, 3.05) is 33.2 Å². The fraction of sp³-hybridized carbons (Fsp3) is 0.286. The van der Waals surface area contributed by atoms with Gasteiger partial charge in [0, 0.05) is 43.5 Å². The first-order chi connectivity index (χ1) is 13.3. The average Bonchev–Trinajstić information content (AvgIpc) is 3.15. The number of hydrogen-bond acceptors (Lipinski definition) is 5. The van der Waals surface area contributed by atoms with Gasteiger partial charge >= 0.3 is 0 Å². The Hall–Kier alpha value is -2.83. The van der Waals surface area contributed by atoms with Crippen LogP contribution in [0.5, 0.6) is 0 Å². The van der Waals surface area contributed by atoms with Crippen LogP contribution in [0, 0.1) is 0 Å². The van der Waals surface area contributed by atoms with Crippen molar-refractivity contribution in [1.29, 1.82) is 0 Å². The van der Waals surface area contributed by atoms with Gasteiger partial charge in [0.1, 0.15) is 0 Å². The summed E-state index contributed by atoms with van der Waals surface area (Å²) in [5, 5.41) is 10.9. The minimum Gasteiger partial charge on any atom is -0.304 e. The van der Waals surface area contributed by atoms with E-state index in [4.69, 9.17) is 4.98 Å². The number of benzene rings is 2. The fourth-order valence-corrected chi connectivity index (χ4v) is 3.83. The monoisotopic (exact) mass is 358 g/mol. The molecule has 4 aromatic rings. The van der Waals surface area contributed by atoms with Gasteiger partial charge in [-0.3, -0.25) is 4.90 Å². The molecule has 0 aliphatic carbocycles. The average molecular weight is 358 g/mol. The van der Waals surface area contributed by atoms with Crippen molar-refractivity contribution >= 4 is 21.8 Å². The molecule has 0 saturated carbocycles. The number of hydrogen-bond donors (Lipinski definition) is 0. The topological polar surface area (TPSA) is 50.1 Å². The molecule has 0 unspecified atom stereocenters. The van der Waals surface area contributed by atoms with Gasteiger partial charge in [0.25, 0.3) is 0 Å². The van der Waals surface area contributed by atoms with Crippen molar-refractivity contribution in [1.82, 2.24) is 29.8 Å². The molecule has 5 rings (SSSR count). The lowest BCUT2D eigenvalue weighted by molar-refractivity contribution is 0.146. The lowest BCUT2D eigenvalue weighted by Gasteiger charge is -2.32. The molecular formula is C21H22N6.